The van der Waals surface area contributed by atoms with Crippen molar-refractivity contribution in [3.63, 3.8) is 0 Å². The van der Waals surface area contributed by atoms with Crippen LogP contribution in [0.25, 0.3) is 22.8 Å². The van der Waals surface area contributed by atoms with Gasteiger partial charge in [0, 0.05) is 5.56 Å². The van der Waals surface area contributed by atoms with Crippen LogP contribution in [0, 0.1) is 11.6 Å². The number of aromatic hydroxyl groups is 1. The molecule has 0 saturated heterocycles. The first-order chi connectivity index (χ1) is 9.65. The average Bonchev–Trinajstić information content (AvgIpc) is 2.88. The molecule has 3 rings (SSSR count). The molecule has 3 aromatic rings. The second-order valence-electron chi connectivity index (χ2n) is 4.07. The van der Waals surface area contributed by atoms with Gasteiger partial charge in [-0.05, 0) is 24.3 Å². The minimum absolute atomic E-state index is 0.0333. The van der Waals surface area contributed by atoms with Crippen molar-refractivity contribution in [1.29, 1.82) is 0 Å². The van der Waals surface area contributed by atoms with E-state index in [2.05, 4.69) is 10.1 Å². The molecule has 0 spiro atoms. The van der Waals surface area contributed by atoms with Gasteiger partial charge in [-0.1, -0.05) is 23.4 Å². The van der Waals surface area contributed by atoms with Gasteiger partial charge in [0.25, 0.3) is 5.89 Å². The first-order valence-electron chi connectivity index (χ1n) is 5.72. The number of hydrogen-bond acceptors (Lipinski definition) is 4. The van der Waals surface area contributed by atoms with Crippen LogP contribution < -0.4 is 0 Å². The number of nitrogens with zero attached hydrogens (tertiary/aromatic N) is 2. The Bertz CT molecular complexity index is 751. The zero-order valence-corrected chi connectivity index (χ0v) is 10.0. The standard InChI is InChI=1S/C14H8F2N2O2/c15-10-5-2-6-11(16)12(10)14-17-13(18-20-14)8-3-1-4-9(19)7-8/h1-7,19H. The van der Waals surface area contributed by atoms with E-state index in [1.807, 2.05) is 0 Å². The Morgan fingerprint density at radius 3 is 2.40 bits per heavy atom. The zero-order chi connectivity index (χ0) is 14.1. The van der Waals surface area contributed by atoms with Crippen molar-refractivity contribution in [2.24, 2.45) is 0 Å². The zero-order valence-electron chi connectivity index (χ0n) is 10.0. The van der Waals surface area contributed by atoms with Gasteiger partial charge in [-0.2, -0.15) is 4.98 Å². The molecule has 0 amide bonds. The van der Waals surface area contributed by atoms with E-state index in [4.69, 9.17) is 4.52 Å². The normalized spacial score (nSPS) is 10.7. The average molecular weight is 274 g/mol. The van der Waals surface area contributed by atoms with Gasteiger partial charge in [-0.15, -0.1) is 0 Å². The molecule has 0 radical (unpaired) electrons. The van der Waals surface area contributed by atoms with Gasteiger partial charge in [-0.3, -0.25) is 0 Å². The maximum atomic E-state index is 13.6. The highest BCUT2D eigenvalue weighted by molar-refractivity contribution is 5.61. The van der Waals surface area contributed by atoms with Gasteiger partial charge < -0.3 is 9.63 Å². The summed E-state index contributed by atoms with van der Waals surface area (Å²) in [5, 5.41) is 13.0. The van der Waals surface area contributed by atoms with Crippen LogP contribution in [0.3, 0.4) is 0 Å². The quantitative estimate of drug-likeness (QED) is 0.778. The summed E-state index contributed by atoms with van der Waals surface area (Å²) in [4.78, 5) is 3.94. The van der Waals surface area contributed by atoms with Crippen LogP contribution in [0.1, 0.15) is 0 Å². The highest BCUT2D eigenvalue weighted by Gasteiger charge is 2.18. The summed E-state index contributed by atoms with van der Waals surface area (Å²) in [6, 6.07) is 9.62. The predicted molar refractivity (Wildman–Crippen MR) is 66.8 cm³/mol. The third-order valence-electron chi connectivity index (χ3n) is 2.71. The SMILES string of the molecule is Oc1cccc(-c2noc(-c3c(F)cccc3F)n2)c1. The van der Waals surface area contributed by atoms with E-state index in [0.717, 1.165) is 12.1 Å². The molecular formula is C14H8F2N2O2. The van der Waals surface area contributed by atoms with E-state index in [0.29, 0.717) is 5.56 Å². The fraction of sp³-hybridized carbons (Fsp3) is 0. The Morgan fingerprint density at radius 1 is 1.00 bits per heavy atom. The molecule has 4 nitrogen and oxygen atoms in total. The summed E-state index contributed by atoms with van der Waals surface area (Å²) in [6.07, 6.45) is 0. The molecule has 100 valence electrons. The Balaban J connectivity index is 2.07. The number of halogens is 2. The third kappa shape index (κ3) is 2.11. The fourth-order valence-electron chi connectivity index (χ4n) is 1.79. The lowest BCUT2D eigenvalue weighted by Crippen LogP contribution is -1.89. The van der Waals surface area contributed by atoms with Crippen molar-refractivity contribution in [3.8, 4) is 28.6 Å². The van der Waals surface area contributed by atoms with Crippen molar-refractivity contribution >= 4 is 0 Å². The molecule has 0 aliphatic carbocycles. The molecule has 1 heterocycles. The lowest BCUT2D eigenvalue weighted by molar-refractivity contribution is 0.426. The van der Waals surface area contributed by atoms with Gasteiger partial charge in [-0.25, -0.2) is 8.78 Å². The van der Waals surface area contributed by atoms with Crippen molar-refractivity contribution in [3.05, 3.63) is 54.1 Å². The van der Waals surface area contributed by atoms with Crippen LogP contribution in [-0.4, -0.2) is 15.2 Å². The topological polar surface area (TPSA) is 59.2 Å². The minimum Gasteiger partial charge on any atom is -0.508 e. The Morgan fingerprint density at radius 2 is 1.70 bits per heavy atom. The van der Waals surface area contributed by atoms with E-state index in [-0.39, 0.29) is 23.0 Å². The first kappa shape index (κ1) is 12.3. The summed E-state index contributed by atoms with van der Waals surface area (Å²) in [5.41, 5.74) is 0.114. The number of aromatic nitrogens is 2. The fourth-order valence-corrected chi connectivity index (χ4v) is 1.79. The molecular weight excluding hydrogens is 266 g/mol. The van der Waals surface area contributed by atoms with Crippen molar-refractivity contribution < 1.29 is 18.4 Å². The second-order valence-corrected chi connectivity index (χ2v) is 4.07. The second kappa shape index (κ2) is 4.73. The van der Waals surface area contributed by atoms with Gasteiger partial charge in [0.1, 0.15) is 22.9 Å². The van der Waals surface area contributed by atoms with Crippen LogP contribution in [0.15, 0.2) is 47.0 Å². The largest absolute Gasteiger partial charge is 0.508 e. The molecule has 0 atom stereocenters. The Hall–Kier alpha value is -2.76. The highest BCUT2D eigenvalue weighted by atomic mass is 19.1. The lowest BCUT2D eigenvalue weighted by Gasteiger charge is -1.98. The Kier molecular flexibility index (Phi) is 2.90. The van der Waals surface area contributed by atoms with Crippen LogP contribution in [0.5, 0.6) is 5.75 Å². The third-order valence-corrected chi connectivity index (χ3v) is 2.71. The molecule has 0 saturated carbocycles. The molecule has 0 bridgehead atoms. The summed E-state index contributed by atoms with van der Waals surface area (Å²) in [6.45, 7) is 0. The molecule has 20 heavy (non-hydrogen) atoms. The van der Waals surface area contributed by atoms with E-state index >= 15 is 0 Å². The predicted octanol–water partition coefficient (Wildman–Crippen LogP) is 3.39. The molecule has 0 unspecified atom stereocenters. The van der Waals surface area contributed by atoms with Crippen LogP contribution >= 0.6 is 0 Å². The van der Waals surface area contributed by atoms with E-state index in [1.54, 1.807) is 12.1 Å². The molecule has 0 aliphatic heterocycles. The van der Waals surface area contributed by atoms with E-state index < -0.39 is 11.6 Å². The van der Waals surface area contributed by atoms with Gasteiger partial charge in [0.15, 0.2) is 0 Å². The van der Waals surface area contributed by atoms with Crippen molar-refractivity contribution in [1.82, 2.24) is 10.1 Å². The van der Waals surface area contributed by atoms with Gasteiger partial charge >= 0.3 is 0 Å². The number of benzene rings is 2. The molecule has 6 heteroatoms. The summed E-state index contributed by atoms with van der Waals surface area (Å²) < 4.78 is 32.1. The van der Waals surface area contributed by atoms with Gasteiger partial charge in [0.2, 0.25) is 5.82 Å². The molecule has 0 fully saturated rings. The Labute approximate surface area is 112 Å². The van der Waals surface area contributed by atoms with Crippen molar-refractivity contribution in [2.75, 3.05) is 0 Å². The molecule has 1 N–H and O–H groups in total. The maximum absolute atomic E-state index is 13.6. The highest BCUT2D eigenvalue weighted by Crippen LogP contribution is 2.27. The minimum atomic E-state index is -0.781. The smallest absolute Gasteiger partial charge is 0.264 e. The maximum Gasteiger partial charge on any atom is 0.264 e. The summed E-state index contributed by atoms with van der Waals surface area (Å²) >= 11 is 0. The number of phenols is 1. The monoisotopic (exact) mass is 274 g/mol. The lowest BCUT2D eigenvalue weighted by atomic mass is 10.2. The van der Waals surface area contributed by atoms with Crippen molar-refractivity contribution in [2.45, 2.75) is 0 Å². The van der Waals surface area contributed by atoms with Crippen LogP contribution in [0.2, 0.25) is 0 Å². The summed E-state index contributed by atoms with van der Waals surface area (Å²) in [5.74, 6) is -1.64. The van der Waals surface area contributed by atoms with E-state index in [1.165, 1.54) is 18.2 Å². The first-order valence-corrected chi connectivity index (χ1v) is 5.72. The molecule has 2 aromatic carbocycles. The van der Waals surface area contributed by atoms with Gasteiger partial charge in [0.05, 0.1) is 0 Å². The van der Waals surface area contributed by atoms with E-state index in [9.17, 15) is 13.9 Å². The van der Waals surface area contributed by atoms with Crippen LogP contribution in [-0.2, 0) is 0 Å². The summed E-state index contributed by atoms with van der Waals surface area (Å²) in [7, 11) is 0. The molecule has 1 aromatic heterocycles. The van der Waals surface area contributed by atoms with Crippen LogP contribution in [0.4, 0.5) is 8.78 Å². The number of phenolic OH excluding ortho intramolecular Hbond substituents is 1. The number of hydrogen-bond donors (Lipinski definition) is 1. The number of rotatable bonds is 2. The molecule has 0 aliphatic rings.